The Balaban J connectivity index is 1.74. The lowest BCUT2D eigenvalue weighted by molar-refractivity contribution is 0.165. The van der Waals surface area contributed by atoms with E-state index in [-0.39, 0.29) is 10.9 Å². The Bertz CT molecular complexity index is 739. The molecule has 24 heavy (non-hydrogen) atoms. The largest absolute Gasteiger partial charge is 0.295 e. The number of nitrogens with one attached hydrogen (secondary N) is 1. The lowest BCUT2D eigenvalue weighted by atomic mass is 10.0. The van der Waals surface area contributed by atoms with Gasteiger partial charge in [0.2, 0.25) is 10.0 Å². The first kappa shape index (κ1) is 17.9. The Kier molecular flexibility index (Phi) is 5.94. The van der Waals surface area contributed by atoms with Gasteiger partial charge >= 0.3 is 0 Å². The summed E-state index contributed by atoms with van der Waals surface area (Å²) in [6.07, 6.45) is 3.60. The van der Waals surface area contributed by atoms with Gasteiger partial charge in [-0.15, -0.1) is 0 Å². The Morgan fingerprint density at radius 2 is 1.83 bits per heavy atom. The summed E-state index contributed by atoms with van der Waals surface area (Å²) in [6.45, 7) is 2.41. The van der Waals surface area contributed by atoms with E-state index in [2.05, 4.69) is 21.1 Å². The number of benzene rings is 1. The van der Waals surface area contributed by atoms with Crippen LogP contribution in [0.15, 0.2) is 46.0 Å². The zero-order chi connectivity index (χ0) is 17.0. The number of piperidine rings is 1. The first-order chi connectivity index (χ1) is 11.6. The molecule has 2 heterocycles. The molecule has 1 unspecified atom stereocenters. The molecule has 1 saturated heterocycles. The molecule has 130 valence electrons. The molecule has 0 bridgehead atoms. The molecule has 4 nitrogen and oxygen atoms in total. The van der Waals surface area contributed by atoms with Crippen LogP contribution >= 0.6 is 22.9 Å². The molecule has 0 amide bonds. The summed E-state index contributed by atoms with van der Waals surface area (Å²) in [4.78, 5) is 2.63. The van der Waals surface area contributed by atoms with Gasteiger partial charge in [-0.25, -0.2) is 13.1 Å². The number of rotatable bonds is 6. The van der Waals surface area contributed by atoms with Gasteiger partial charge in [-0.3, -0.25) is 4.90 Å². The van der Waals surface area contributed by atoms with Crippen molar-refractivity contribution in [2.45, 2.75) is 30.2 Å². The summed E-state index contributed by atoms with van der Waals surface area (Å²) in [6, 6.07) is 8.42. The molecule has 1 aliphatic rings. The van der Waals surface area contributed by atoms with Gasteiger partial charge in [0.05, 0.1) is 4.90 Å². The molecule has 7 heteroatoms. The molecule has 1 aromatic heterocycles. The maximum atomic E-state index is 12.5. The van der Waals surface area contributed by atoms with Crippen molar-refractivity contribution in [3.05, 3.63) is 51.7 Å². The topological polar surface area (TPSA) is 49.4 Å². The van der Waals surface area contributed by atoms with E-state index in [4.69, 9.17) is 11.6 Å². The fourth-order valence-electron chi connectivity index (χ4n) is 3.04. The lowest BCUT2D eigenvalue weighted by Crippen LogP contribution is -2.40. The number of nitrogens with zero attached hydrogens (tertiary/aromatic N) is 1. The lowest BCUT2D eigenvalue weighted by Gasteiger charge is -2.34. The van der Waals surface area contributed by atoms with Gasteiger partial charge in [-0.2, -0.15) is 11.3 Å². The summed E-state index contributed by atoms with van der Waals surface area (Å²) in [5, 5.41) is 4.67. The maximum absolute atomic E-state index is 12.5. The highest BCUT2D eigenvalue weighted by atomic mass is 35.5. The summed E-state index contributed by atoms with van der Waals surface area (Å²) in [7, 11) is -3.53. The standard InChI is InChI=1S/C17H21ClN2O2S2/c18-15-4-6-16(7-5-15)24(21,22)19-12-17(14-8-11-23-13-14)20-9-2-1-3-10-20/h4-8,11,13,17,19H,1-3,9-10,12H2. The predicted molar refractivity (Wildman–Crippen MR) is 99.1 cm³/mol. The number of hydrogen-bond acceptors (Lipinski definition) is 4. The number of likely N-dealkylation sites (tertiary alicyclic amines) is 1. The van der Waals surface area contributed by atoms with Crippen LogP contribution < -0.4 is 4.72 Å². The average molecular weight is 385 g/mol. The molecular weight excluding hydrogens is 364 g/mol. The van der Waals surface area contributed by atoms with Gasteiger partial charge in [0.1, 0.15) is 0 Å². The second kappa shape index (κ2) is 7.97. The number of hydrogen-bond donors (Lipinski definition) is 1. The minimum atomic E-state index is -3.53. The monoisotopic (exact) mass is 384 g/mol. The number of thiophene rings is 1. The second-order valence-corrected chi connectivity index (χ2v) is 8.96. The Labute approximate surface area is 152 Å². The van der Waals surface area contributed by atoms with Crippen LogP contribution in [0, 0.1) is 0 Å². The van der Waals surface area contributed by atoms with Gasteiger partial charge in [-0.1, -0.05) is 18.0 Å². The van der Waals surface area contributed by atoms with Crippen molar-refractivity contribution in [3.63, 3.8) is 0 Å². The van der Waals surface area contributed by atoms with Crippen molar-refractivity contribution >= 4 is 33.0 Å². The molecular formula is C17H21ClN2O2S2. The van der Waals surface area contributed by atoms with Crippen LogP contribution in [-0.4, -0.2) is 33.0 Å². The normalized spacial score (nSPS) is 17.7. The van der Waals surface area contributed by atoms with Crippen molar-refractivity contribution < 1.29 is 8.42 Å². The zero-order valence-electron chi connectivity index (χ0n) is 13.3. The molecule has 1 aliphatic heterocycles. The Hall–Kier alpha value is -0.920. The van der Waals surface area contributed by atoms with Gasteiger partial charge in [0.25, 0.3) is 0 Å². The quantitative estimate of drug-likeness (QED) is 0.821. The van der Waals surface area contributed by atoms with Crippen LogP contribution in [0.3, 0.4) is 0 Å². The van der Waals surface area contributed by atoms with Crippen molar-refractivity contribution in [2.24, 2.45) is 0 Å². The van der Waals surface area contributed by atoms with E-state index < -0.39 is 10.0 Å². The van der Waals surface area contributed by atoms with Gasteiger partial charge in [0.15, 0.2) is 0 Å². The summed E-state index contributed by atoms with van der Waals surface area (Å²) in [5.74, 6) is 0. The fraction of sp³-hybridized carbons (Fsp3) is 0.412. The number of sulfonamides is 1. The minimum Gasteiger partial charge on any atom is -0.295 e. The molecule has 2 aromatic rings. The summed E-state index contributed by atoms with van der Waals surface area (Å²) >= 11 is 7.48. The third-order valence-corrected chi connectivity index (χ3v) is 6.74. The van der Waals surface area contributed by atoms with E-state index in [0.717, 1.165) is 13.1 Å². The van der Waals surface area contributed by atoms with E-state index >= 15 is 0 Å². The van der Waals surface area contributed by atoms with Crippen LogP contribution in [0.1, 0.15) is 30.9 Å². The van der Waals surface area contributed by atoms with E-state index in [1.165, 1.54) is 37.0 Å². The van der Waals surface area contributed by atoms with Crippen molar-refractivity contribution in [2.75, 3.05) is 19.6 Å². The van der Waals surface area contributed by atoms with Crippen LogP contribution in [-0.2, 0) is 10.0 Å². The third kappa shape index (κ3) is 4.37. The molecule has 0 saturated carbocycles. The first-order valence-electron chi connectivity index (χ1n) is 8.08. The molecule has 0 radical (unpaired) electrons. The Morgan fingerprint density at radius 1 is 1.12 bits per heavy atom. The van der Waals surface area contributed by atoms with Gasteiger partial charge < -0.3 is 0 Å². The summed E-state index contributed by atoms with van der Waals surface area (Å²) < 4.78 is 27.8. The van der Waals surface area contributed by atoms with E-state index in [9.17, 15) is 8.42 Å². The van der Waals surface area contributed by atoms with Crippen LogP contribution in [0.4, 0.5) is 0 Å². The molecule has 3 rings (SSSR count). The highest BCUT2D eigenvalue weighted by molar-refractivity contribution is 7.89. The molecule has 1 N–H and O–H groups in total. The third-order valence-electron chi connectivity index (χ3n) is 4.35. The van der Waals surface area contributed by atoms with Gasteiger partial charge in [-0.05, 0) is 72.6 Å². The average Bonchev–Trinajstić information content (AvgIpc) is 3.11. The van der Waals surface area contributed by atoms with Crippen molar-refractivity contribution in [1.29, 1.82) is 0 Å². The second-order valence-electron chi connectivity index (χ2n) is 5.97. The molecule has 0 aliphatic carbocycles. The zero-order valence-corrected chi connectivity index (χ0v) is 15.7. The molecule has 1 atom stereocenters. The first-order valence-corrected chi connectivity index (χ1v) is 10.9. The maximum Gasteiger partial charge on any atom is 0.240 e. The highest BCUT2D eigenvalue weighted by Gasteiger charge is 2.25. The Morgan fingerprint density at radius 3 is 2.46 bits per heavy atom. The van der Waals surface area contributed by atoms with E-state index in [1.54, 1.807) is 23.5 Å². The van der Waals surface area contributed by atoms with E-state index in [0.29, 0.717) is 11.6 Å². The summed E-state index contributed by atoms with van der Waals surface area (Å²) in [5.41, 5.74) is 1.18. The molecule has 1 fully saturated rings. The SMILES string of the molecule is O=S(=O)(NCC(c1ccsc1)N1CCCCC1)c1ccc(Cl)cc1. The van der Waals surface area contributed by atoms with Crippen LogP contribution in [0.2, 0.25) is 5.02 Å². The van der Waals surface area contributed by atoms with E-state index in [1.807, 2.05) is 5.38 Å². The highest BCUT2D eigenvalue weighted by Crippen LogP contribution is 2.26. The van der Waals surface area contributed by atoms with Crippen molar-refractivity contribution in [1.82, 2.24) is 9.62 Å². The van der Waals surface area contributed by atoms with Gasteiger partial charge in [0, 0.05) is 17.6 Å². The van der Waals surface area contributed by atoms with Crippen LogP contribution in [0.25, 0.3) is 0 Å². The van der Waals surface area contributed by atoms with Crippen molar-refractivity contribution in [3.8, 4) is 0 Å². The fourth-order valence-corrected chi connectivity index (χ4v) is 4.91. The molecule has 0 spiro atoms. The van der Waals surface area contributed by atoms with Crippen LogP contribution in [0.5, 0.6) is 0 Å². The number of halogens is 1. The minimum absolute atomic E-state index is 0.0821. The predicted octanol–water partition coefficient (Wildman–Crippen LogP) is 3.91. The smallest absolute Gasteiger partial charge is 0.240 e. The molecule has 1 aromatic carbocycles.